The number of carbonyl (C=O) groups excluding carboxylic acids is 2. The number of carboxylic acids is 1. The van der Waals surface area contributed by atoms with Crippen LogP contribution in [0.15, 0.2) is 0 Å². The molecule has 0 radical (unpaired) electrons. The van der Waals surface area contributed by atoms with Crippen LogP contribution < -0.4 is 10.6 Å². The molecule has 2 atom stereocenters. The van der Waals surface area contributed by atoms with Crippen molar-refractivity contribution in [2.75, 3.05) is 13.1 Å². The second-order valence-corrected chi connectivity index (χ2v) is 5.27. The van der Waals surface area contributed by atoms with E-state index in [2.05, 4.69) is 10.6 Å². The van der Waals surface area contributed by atoms with Gasteiger partial charge in [0.1, 0.15) is 0 Å². The summed E-state index contributed by atoms with van der Waals surface area (Å²) in [6.07, 6.45) is 2.07. The SMILES string of the molecule is CC(=O)NC1CCN(C(=O)NC(C)CCCC(=O)O)C1. The van der Waals surface area contributed by atoms with E-state index in [1.807, 2.05) is 6.92 Å². The Bertz CT molecular complexity index is 373. The molecule has 1 fully saturated rings. The largest absolute Gasteiger partial charge is 0.481 e. The third kappa shape index (κ3) is 5.90. The molecule has 1 heterocycles. The molecular formula is C13H23N3O4. The summed E-state index contributed by atoms with van der Waals surface area (Å²) >= 11 is 0. The van der Waals surface area contributed by atoms with E-state index in [4.69, 9.17) is 5.11 Å². The lowest BCUT2D eigenvalue weighted by Gasteiger charge is -2.21. The lowest BCUT2D eigenvalue weighted by Crippen LogP contribution is -2.44. The van der Waals surface area contributed by atoms with E-state index in [0.29, 0.717) is 25.9 Å². The van der Waals surface area contributed by atoms with Crippen molar-refractivity contribution >= 4 is 17.9 Å². The summed E-state index contributed by atoms with van der Waals surface area (Å²) in [7, 11) is 0. The van der Waals surface area contributed by atoms with Crippen molar-refractivity contribution in [3.8, 4) is 0 Å². The minimum atomic E-state index is -0.818. The number of likely N-dealkylation sites (tertiary alicyclic amines) is 1. The smallest absolute Gasteiger partial charge is 0.317 e. The number of hydrogen-bond acceptors (Lipinski definition) is 3. The molecule has 0 aromatic carbocycles. The lowest BCUT2D eigenvalue weighted by atomic mass is 10.1. The molecule has 0 saturated carbocycles. The van der Waals surface area contributed by atoms with Crippen LogP contribution in [0.2, 0.25) is 0 Å². The maximum atomic E-state index is 12.0. The Morgan fingerprint density at radius 2 is 2.10 bits per heavy atom. The van der Waals surface area contributed by atoms with Gasteiger partial charge in [0.05, 0.1) is 0 Å². The van der Waals surface area contributed by atoms with Gasteiger partial charge < -0.3 is 20.6 Å². The molecule has 0 bridgehead atoms. The van der Waals surface area contributed by atoms with Gasteiger partial charge in [-0.1, -0.05) is 0 Å². The standard InChI is InChI=1S/C13H23N3O4/c1-9(4-3-5-12(18)19)14-13(20)16-7-6-11(8-16)15-10(2)17/h9,11H,3-8H2,1-2H3,(H,14,20)(H,15,17)(H,18,19). The number of urea groups is 1. The van der Waals surface area contributed by atoms with Crippen molar-refractivity contribution < 1.29 is 19.5 Å². The van der Waals surface area contributed by atoms with Gasteiger partial charge in [0, 0.05) is 38.5 Å². The summed E-state index contributed by atoms with van der Waals surface area (Å²) in [5.41, 5.74) is 0. The number of carbonyl (C=O) groups is 3. The Labute approximate surface area is 118 Å². The zero-order chi connectivity index (χ0) is 15.1. The van der Waals surface area contributed by atoms with Gasteiger partial charge in [0.2, 0.25) is 5.91 Å². The molecule has 7 nitrogen and oxygen atoms in total. The number of aliphatic carboxylic acids is 1. The van der Waals surface area contributed by atoms with Crippen LogP contribution in [-0.4, -0.2) is 53.1 Å². The highest BCUT2D eigenvalue weighted by molar-refractivity contribution is 5.76. The Balaban J connectivity index is 2.25. The highest BCUT2D eigenvalue weighted by Gasteiger charge is 2.27. The summed E-state index contributed by atoms with van der Waals surface area (Å²) < 4.78 is 0. The van der Waals surface area contributed by atoms with Crippen molar-refractivity contribution in [2.45, 2.75) is 51.6 Å². The average Bonchev–Trinajstić information content (AvgIpc) is 2.75. The van der Waals surface area contributed by atoms with Crippen molar-refractivity contribution in [1.29, 1.82) is 0 Å². The highest BCUT2D eigenvalue weighted by Crippen LogP contribution is 2.10. The first-order valence-corrected chi connectivity index (χ1v) is 6.93. The van der Waals surface area contributed by atoms with Crippen LogP contribution in [0.4, 0.5) is 4.79 Å². The minimum Gasteiger partial charge on any atom is -0.481 e. The van der Waals surface area contributed by atoms with E-state index in [1.165, 1.54) is 6.92 Å². The molecule has 1 rings (SSSR count). The van der Waals surface area contributed by atoms with Crippen LogP contribution >= 0.6 is 0 Å². The molecule has 0 aromatic rings. The molecule has 20 heavy (non-hydrogen) atoms. The maximum Gasteiger partial charge on any atom is 0.317 e. The van der Waals surface area contributed by atoms with Crippen LogP contribution in [0.1, 0.15) is 39.5 Å². The first-order chi connectivity index (χ1) is 9.38. The van der Waals surface area contributed by atoms with Gasteiger partial charge in [0.25, 0.3) is 0 Å². The van der Waals surface area contributed by atoms with Gasteiger partial charge in [-0.3, -0.25) is 9.59 Å². The Hall–Kier alpha value is -1.79. The molecule has 7 heteroatoms. The van der Waals surface area contributed by atoms with Gasteiger partial charge in [-0.05, 0) is 26.2 Å². The quantitative estimate of drug-likeness (QED) is 0.663. The predicted octanol–water partition coefficient (Wildman–Crippen LogP) is 0.550. The molecule has 1 aliphatic heterocycles. The van der Waals surface area contributed by atoms with E-state index in [9.17, 15) is 14.4 Å². The van der Waals surface area contributed by atoms with E-state index in [1.54, 1.807) is 4.90 Å². The van der Waals surface area contributed by atoms with Gasteiger partial charge in [0.15, 0.2) is 0 Å². The predicted molar refractivity (Wildman–Crippen MR) is 73.3 cm³/mol. The molecule has 0 spiro atoms. The average molecular weight is 285 g/mol. The third-order valence-corrected chi connectivity index (χ3v) is 3.28. The zero-order valence-electron chi connectivity index (χ0n) is 12.0. The molecule has 114 valence electrons. The van der Waals surface area contributed by atoms with Crippen LogP contribution in [0.25, 0.3) is 0 Å². The van der Waals surface area contributed by atoms with E-state index >= 15 is 0 Å². The number of carboxylic acid groups (broad SMARTS) is 1. The molecule has 3 N–H and O–H groups in total. The first-order valence-electron chi connectivity index (χ1n) is 6.93. The molecule has 1 aliphatic rings. The molecular weight excluding hydrogens is 262 g/mol. The number of nitrogens with one attached hydrogen (secondary N) is 2. The highest BCUT2D eigenvalue weighted by atomic mass is 16.4. The zero-order valence-corrected chi connectivity index (χ0v) is 12.0. The molecule has 0 aromatic heterocycles. The number of nitrogens with zero attached hydrogens (tertiary/aromatic N) is 1. The van der Waals surface area contributed by atoms with Crippen molar-refractivity contribution in [3.63, 3.8) is 0 Å². The minimum absolute atomic E-state index is 0.0283. The third-order valence-electron chi connectivity index (χ3n) is 3.28. The molecule has 0 aliphatic carbocycles. The Morgan fingerprint density at radius 3 is 2.70 bits per heavy atom. The summed E-state index contributed by atoms with van der Waals surface area (Å²) in [6.45, 7) is 4.47. The van der Waals surface area contributed by atoms with Crippen LogP contribution in [0, 0.1) is 0 Å². The van der Waals surface area contributed by atoms with Gasteiger partial charge in [-0.25, -0.2) is 4.79 Å². The lowest BCUT2D eigenvalue weighted by molar-refractivity contribution is -0.137. The number of amides is 3. The second-order valence-electron chi connectivity index (χ2n) is 5.27. The Kier molecular flexibility index (Phi) is 6.27. The van der Waals surface area contributed by atoms with E-state index in [0.717, 1.165) is 6.42 Å². The van der Waals surface area contributed by atoms with Gasteiger partial charge in [-0.2, -0.15) is 0 Å². The van der Waals surface area contributed by atoms with Gasteiger partial charge >= 0.3 is 12.0 Å². The molecule has 1 saturated heterocycles. The topological polar surface area (TPSA) is 98.7 Å². The number of hydrogen-bond donors (Lipinski definition) is 3. The second kappa shape index (κ2) is 7.72. The number of rotatable bonds is 6. The summed E-state index contributed by atoms with van der Waals surface area (Å²) in [4.78, 5) is 35.0. The van der Waals surface area contributed by atoms with Crippen LogP contribution in [-0.2, 0) is 9.59 Å². The summed E-state index contributed by atoms with van der Waals surface area (Å²) in [6, 6.07) is -0.178. The van der Waals surface area contributed by atoms with Crippen molar-refractivity contribution in [3.05, 3.63) is 0 Å². The summed E-state index contributed by atoms with van der Waals surface area (Å²) in [5, 5.41) is 14.2. The van der Waals surface area contributed by atoms with Crippen molar-refractivity contribution in [1.82, 2.24) is 15.5 Å². The van der Waals surface area contributed by atoms with Gasteiger partial charge in [-0.15, -0.1) is 0 Å². The van der Waals surface area contributed by atoms with E-state index in [-0.39, 0.29) is 30.4 Å². The fourth-order valence-corrected chi connectivity index (χ4v) is 2.28. The maximum absolute atomic E-state index is 12.0. The Morgan fingerprint density at radius 1 is 1.40 bits per heavy atom. The van der Waals surface area contributed by atoms with Crippen LogP contribution in [0.5, 0.6) is 0 Å². The van der Waals surface area contributed by atoms with Crippen LogP contribution in [0.3, 0.4) is 0 Å². The fourth-order valence-electron chi connectivity index (χ4n) is 2.28. The first kappa shape index (κ1) is 16.3. The summed E-state index contributed by atoms with van der Waals surface area (Å²) in [5.74, 6) is -0.902. The van der Waals surface area contributed by atoms with Crippen molar-refractivity contribution in [2.24, 2.45) is 0 Å². The monoisotopic (exact) mass is 285 g/mol. The normalized spacial score (nSPS) is 19.5. The molecule has 3 amide bonds. The molecule has 2 unspecified atom stereocenters. The fraction of sp³-hybridized carbons (Fsp3) is 0.769. The van der Waals surface area contributed by atoms with E-state index < -0.39 is 5.97 Å².